The van der Waals surface area contributed by atoms with E-state index in [1.807, 2.05) is 37.3 Å². The number of halogens is 1. The maximum Gasteiger partial charge on any atom is 0.328 e. The summed E-state index contributed by atoms with van der Waals surface area (Å²) >= 11 is 0. The summed E-state index contributed by atoms with van der Waals surface area (Å²) in [6.45, 7) is 2.37. The predicted molar refractivity (Wildman–Crippen MR) is 72.2 cm³/mol. The SMILES string of the molecule is CCN(c1ccccc1)c1cccc(F)c1[N+](=O)[O-]. The first-order valence-corrected chi connectivity index (χ1v) is 5.90. The molecule has 2 rings (SSSR count). The summed E-state index contributed by atoms with van der Waals surface area (Å²) < 4.78 is 13.6. The summed E-state index contributed by atoms with van der Waals surface area (Å²) in [5, 5.41) is 11.0. The molecule has 0 unspecified atom stereocenters. The second kappa shape index (κ2) is 5.48. The van der Waals surface area contributed by atoms with E-state index in [4.69, 9.17) is 0 Å². The van der Waals surface area contributed by atoms with Gasteiger partial charge in [-0.3, -0.25) is 10.1 Å². The molecule has 19 heavy (non-hydrogen) atoms. The van der Waals surface area contributed by atoms with Crippen molar-refractivity contribution in [3.05, 3.63) is 64.5 Å². The van der Waals surface area contributed by atoms with Gasteiger partial charge in [0.1, 0.15) is 5.69 Å². The van der Waals surface area contributed by atoms with E-state index in [-0.39, 0.29) is 5.69 Å². The van der Waals surface area contributed by atoms with Crippen LogP contribution in [0.4, 0.5) is 21.5 Å². The Balaban J connectivity index is 2.56. The number of benzene rings is 2. The van der Waals surface area contributed by atoms with Gasteiger partial charge in [0.25, 0.3) is 0 Å². The van der Waals surface area contributed by atoms with Crippen LogP contribution in [0.2, 0.25) is 0 Å². The van der Waals surface area contributed by atoms with Crippen LogP contribution in [0.3, 0.4) is 0 Å². The fraction of sp³-hybridized carbons (Fsp3) is 0.143. The van der Waals surface area contributed by atoms with Gasteiger partial charge in [-0.2, -0.15) is 4.39 Å². The minimum atomic E-state index is -0.822. The molecular formula is C14H13FN2O2. The van der Waals surface area contributed by atoms with Gasteiger partial charge in [0.2, 0.25) is 5.82 Å². The van der Waals surface area contributed by atoms with Crippen molar-refractivity contribution in [1.82, 2.24) is 0 Å². The second-order valence-electron chi connectivity index (χ2n) is 3.94. The maximum atomic E-state index is 13.6. The molecule has 0 bridgehead atoms. The van der Waals surface area contributed by atoms with Crippen LogP contribution in [0.15, 0.2) is 48.5 Å². The molecule has 0 amide bonds. The van der Waals surface area contributed by atoms with E-state index in [9.17, 15) is 14.5 Å². The molecule has 0 N–H and O–H groups in total. The average molecular weight is 260 g/mol. The molecule has 4 nitrogen and oxygen atoms in total. The van der Waals surface area contributed by atoms with E-state index in [0.717, 1.165) is 11.8 Å². The highest BCUT2D eigenvalue weighted by molar-refractivity contribution is 5.72. The molecule has 0 atom stereocenters. The van der Waals surface area contributed by atoms with Gasteiger partial charge in [0.15, 0.2) is 0 Å². The molecular weight excluding hydrogens is 247 g/mol. The number of nitro groups is 1. The molecule has 0 saturated heterocycles. The lowest BCUT2D eigenvalue weighted by Gasteiger charge is -2.22. The standard InChI is InChI=1S/C14H13FN2O2/c1-2-16(11-7-4-3-5-8-11)13-10-6-9-12(15)14(13)17(18)19/h3-10H,2H2,1H3. The third kappa shape index (κ3) is 2.54. The molecule has 0 saturated carbocycles. The van der Waals surface area contributed by atoms with Crippen LogP contribution in [0, 0.1) is 15.9 Å². The van der Waals surface area contributed by atoms with E-state index < -0.39 is 16.4 Å². The molecule has 2 aromatic carbocycles. The van der Waals surface area contributed by atoms with Gasteiger partial charge < -0.3 is 4.90 Å². The van der Waals surface area contributed by atoms with E-state index >= 15 is 0 Å². The number of rotatable bonds is 4. The van der Waals surface area contributed by atoms with Crippen molar-refractivity contribution in [3.63, 3.8) is 0 Å². The number of nitro benzene ring substituents is 1. The maximum absolute atomic E-state index is 13.6. The third-order valence-electron chi connectivity index (χ3n) is 2.82. The van der Waals surface area contributed by atoms with Crippen LogP contribution in [0.1, 0.15) is 6.92 Å². The van der Waals surface area contributed by atoms with Crippen molar-refractivity contribution in [2.24, 2.45) is 0 Å². The Labute approximate surface area is 110 Å². The molecule has 98 valence electrons. The second-order valence-corrected chi connectivity index (χ2v) is 3.94. The third-order valence-corrected chi connectivity index (χ3v) is 2.82. The monoisotopic (exact) mass is 260 g/mol. The quantitative estimate of drug-likeness (QED) is 0.618. The van der Waals surface area contributed by atoms with Crippen molar-refractivity contribution >= 4 is 17.1 Å². The van der Waals surface area contributed by atoms with E-state index in [0.29, 0.717) is 6.54 Å². The summed E-state index contributed by atoms with van der Waals surface area (Å²) in [7, 11) is 0. The van der Waals surface area contributed by atoms with Gasteiger partial charge >= 0.3 is 5.69 Å². The Morgan fingerprint density at radius 2 is 1.84 bits per heavy atom. The molecule has 2 aromatic rings. The lowest BCUT2D eigenvalue weighted by atomic mass is 10.2. The average Bonchev–Trinajstić information content (AvgIpc) is 2.40. The van der Waals surface area contributed by atoms with E-state index in [2.05, 4.69) is 0 Å². The molecule has 0 aliphatic carbocycles. The normalized spacial score (nSPS) is 10.2. The van der Waals surface area contributed by atoms with Crippen LogP contribution in [-0.4, -0.2) is 11.5 Å². The summed E-state index contributed by atoms with van der Waals surface area (Å²) in [6.07, 6.45) is 0. The highest BCUT2D eigenvalue weighted by atomic mass is 19.1. The molecule has 0 radical (unpaired) electrons. The summed E-state index contributed by atoms with van der Waals surface area (Å²) in [6, 6.07) is 13.3. The highest BCUT2D eigenvalue weighted by Crippen LogP contribution is 2.34. The van der Waals surface area contributed by atoms with Crippen molar-refractivity contribution in [2.45, 2.75) is 6.92 Å². The minimum Gasteiger partial charge on any atom is -0.336 e. The first-order chi connectivity index (χ1) is 9.15. The first kappa shape index (κ1) is 13.0. The topological polar surface area (TPSA) is 46.4 Å². The van der Waals surface area contributed by atoms with Crippen molar-refractivity contribution in [1.29, 1.82) is 0 Å². The fourth-order valence-corrected chi connectivity index (χ4v) is 2.00. The number of hydrogen-bond acceptors (Lipinski definition) is 3. The van der Waals surface area contributed by atoms with Gasteiger partial charge in [-0.05, 0) is 31.2 Å². The van der Waals surface area contributed by atoms with Crippen molar-refractivity contribution < 1.29 is 9.31 Å². The predicted octanol–water partition coefficient (Wildman–Crippen LogP) is 3.89. The lowest BCUT2D eigenvalue weighted by Crippen LogP contribution is -2.17. The number of para-hydroxylation sites is 2. The van der Waals surface area contributed by atoms with Crippen LogP contribution >= 0.6 is 0 Å². The Morgan fingerprint density at radius 1 is 1.16 bits per heavy atom. The number of hydrogen-bond donors (Lipinski definition) is 0. The van der Waals surface area contributed by atoms with Gasteiger partial charge in [-0.15, -0.1) is 0 Å². The zero-order valence-electron chi connectivity index (χ0n) is 10.4. The van der Waals surface area contributed by atoms with Crippen molar-refractivity contribution in [3.8, 4) is 0 Å². The van der Waals surface area contributed by atoms with Crippen molar-refractivity contribution in [2.75, 3.05) is 11.4 Å². The lowest BCUT2D eigenvalue weighted by molar-refractivity contribution is -0.386. The van der Waals surface area contributed by atoms with Gasteiger partial charge in [-0.1, -0.05) is 24.3 Å². The molecule has 0 heterocycles. The fourth-order valence-electron chi connectivity index (χ4n) is 2.00. The molecule has 0 aromatic heterocycles. The Hall–Kier alpha value is -2.43. The van der Waals surface area contributed by atoms with Crippen LogP contribution in [0.25, 0.3) is 0 Å². The van der Waals surface area contributed by atoms with Gasteiger partial charge in [0, 0.05) is 12.2 Å². The largest absolute Gasteiger partial charge is 0.336 e. The number of nitrogens with zero attached hydrogens (tertiary/aromatic N) is 2. The summed E-state index contributed by atoms with van der Waals surface area (Å²) in [5.41, 5.74) is 0.561. The van der Waals surface area contributed by atoms with Gasteiger partial charge in [-0.25, -0.2) is 0 Å². The summed E-state index contributed by atoms with van der Waals surface area (Å²) in [4.78, 5) is 12.1. The minimum absolute atomic E-state index is 0.263. The zero-order chi connectivity index (χ0) is 13.8. The first-order valence-electron chi connectivity index (χ1n) is 5.90. The molecule has 0 aliphatic heterocycles. The highest BCUT2D eigenvalue weighted by Gasteiger charge is 2.24. The molecule has 0 fully saturated rings. The molecule has 0 spiro atoms. The smallest absolute Gasteiger partial charge is 0.328 e. The molecule has 0 aliphatic rings. The molecule has 5 heteroatoms. The van der Waals surface area contributed by atoms with E-state index in [1.165, 1.54) is 6.07 Å². The van der Waals surface area contributed by atoms with E-state index in [1.54, 1.807) is 11.0 Å². The van der Waals surface area contributed by atoms with Crippen LogP contribution in [0.5, 0.6) is 0 Å². The number of anilines is 2. The van der Waals surface area contributed by atoms with Crippen LogP contribution < -0.4 is 4.90 Å². The Bertz CT molecular complexity index is 587. The Morgan fingerprint density at radius 3 is 2.42 bits per heavy atom. The van der Waals surface area contributed by atoms with Crippen LogP contribution in [-0.2, 0) is 0 Å². The zero-order valence-corrected chi connectivity index (χ0v) is 10.4. The van der Waals surface area contributed by atoms with Gasteiger partial charge in [0.05, 0.1) is 4.92 Å². The Kier molecular flexibility index (Phi) is 3.75. The summed E-state index contributed by atoms with van der Waals surface area (Å²) in [5.74, 6) is -0.822.